The van der Waals surface area contributed by atoms with Gasteiger partial charge in [0, 0.05) is 6.42 Å². The molecule has 0 aromatic rings. The van der Waals surface area contributed by atoms with Crippen LogP contribution in [0.1, 0.15) is 39.0 Å². The molecule has 1 unspecified atom stereocenters. The number of unbranched alkanes of at least 4 members (excludes halogenated alkanes) is 1. The minimum Gasteiger partial charge on any atom is -0.368 e. The summed E-state index contributed by atoms with van der Waals surface area (Å²) in [6.45, 7) is 6.20. The van der Waals surface area contributed by atoms with Gasteiger partial charge in [0.25, 0.3) is 0 Å². The van der Waals surface area contributed by atoms with Crippen molar-refractivity contribution in [2.24, 2.45) is 17.4 Å². The maximum Gasteiger partial charge on any atom is 0.239 e. The Bertz CT molecular complexity index is 340. The molecule has 0 aliphatic heterocycles. The van der Waals surface area contributed by atoms with Crippen molar-refractivity contribution in [1.82, 2.24) is 5.32 Å². The SMILES string of the molecule is C=C/C=C\C(C)CCC(=O)N[C@@H](CCCCN)C(N)=O. The van der Waals surface area contributed by atoms with Crippen molar-refractivity contribution < 1.29 is 9.59 Å². The Morgan fingerprint density at radius 1 is 1.30 bits per heavy atom. The summed E-state index contributed by atoms with van der Waals surface area (Å²) < 4.78 is 0. The summed E-state index contributed by atoms with van der Waals surface area (Å²) in [7, 11) is 0. The molecule has 0 radical (unpaired) electrons. The molecule has 2 atom stereocenters. The van der Waals surface area contributed by atoms with Crippen LogP contribution < -0.4 is 16.8 Å². The maximum absolute atomic E-state index is 11.8. The Balaban J connectivity index is 4.09. The van der Waals surface area contributed by atoms with E-state index >= 15 is 0 Å². The molecule has 0 bridgehead atoms. The predicted octanol–water partition coefficient (Wildman–Crippen LogP) is 1.24. The lowest BCUT2D eigenvalue weighted by Gasteiger charge is -2.15. The van der Waals surface area contributed by atoms with Gasteiger partial charge in [-0.25, -0.2) is 0 Å². The second-order valence-electron chi connectivity index (χ2n) is 4.94. The van der Waals surface area contributed by atoms with Crippen molar-refractivity contribution in [2.75, 3.05) is 6.54 Å². The second kappa shape index (κ2) is 11.2. The van der Waals surface area contributed by atoms with Gasteiger partial charge in [0.05, 0.1) is 0 Å². The monoisotopic (exact) mass is 281 g/mol. The molecule has 0 rings (SSSR count). The van der Waals surface area contributed by atoms with E-state index in [0.29, 0.717) is 25.3 Å². The van der Waals surface area contributed by atoms with Gasteiger partial charge in [-0.2, -0.15) is 0 Å². The highest BCUT2D eigenvalue weighted by atomic mass is 16.2. The smallest absolute Gasteiger partial charge is 0.239 e. The van der Waals surface area contributed by atoms with E-state index in [1.54, 1.807) is 6.08 Å². The number of nitrogens with two attached hydrogens (primary N) is 2. The van der Waals surface area contributed by atoms with Gasteiger partial charge < -0.3 is 16.8 Å². The third kappa shape index (κ3) is 9.33. The highest BCUT2D eigenvalue weighted by Crippen LogP contribution is 2.08. The summed E-state index contributed by atoms with van der Waals surface area (Å²) >= 11 is 0. The van der Waals surface area contributed by atoms with Gasteiger partial charge in [-0.15, -0.1) is 0 Å². The predicted molar refractivity (Wildman–Crippen MR) is 81.8 cm³/mol. The fourth-order valence-electron chi connectivity index (χ4n) is 1.77. The average molecular weight is 281 g/mol. The summed E-state index contributed by atoms with van der Waals surface area (Å²) in [5.41, 5.74) is 10.7. The second-order valence-corrected chi connectivity index (χ2v) is 4.94. The first-order chi connectivity index (χ1) is 9.51. The van der Waals surface area contributed by atoms with E-state index < -0.39 is 11.9 Å². The molecule has 5 heteroatoms. The van der Waals surface area contributed by atoms with E-state index in [4.69, 9.17) is 11.5 Å². The van der Waals surface area contributed by atoms with E-state index in [2.05, 4.69) is 11.9 Å². The molecule has 0 fully saturated rings. The topological polar surface area (TPSA) is 98.2 Å². The molecule has 0 heterocycles. The third-order valence-corrected chi connectivity index (χ3v) is 3.03. The van der Waals surface area contributed by atoms with Crippen molar-refractivity contribution >= 4 is 11.8 Å². The van der Waals surface area contributed by atoms with Crippen LogP contribution in [0.3, 0.4) is 0 Å². The number of hydrogen-bond donors (Lipinski definition) is 3. The van der Waals surface area contributed by atoms with E-state index in [1.807, 2.05) is 19.1 Å². The Hall–Kier alpha value is -1.62. The third-order valence-electron chi connectivity index (χ3n) is 3.03. The lowest BCUT2D eigenvalue weighted by molar-refractivity contribution is -0.127. The van der Waals surface area contributed by atoms with Crippen molar-refractivity contribution in [3.63, 3.8) is 0 Å². The zero-order valence-corrected chi connectivity index (χ0v) is 12.3. The quantitative estimate of drug-likeness (QED) is 0.392. The number of nitrogens with one attached hydrogen (secondary N) is 1. The minimum atomic E-state index is -0.590. The first-order valence-corrected chi connectivity index (χ1v) is 7.09. The van der Waals surface area contributed by atoms with Crippen molar-refractivity contribution in [2.45, 2.75) is 45.1 Å². The molecule has 114 valence electrons. The zero-order valence-electron chi connectivity index (χ0n) is 12.3. The van der Waals surface area contributed by atoms with Gasteiger partial charge in [0.1, 0.15) is 6.04 Å². The Kier molecular flexibility index (Phi) is 10.3. The molecule has 0 aliphatic rings. The molecule has 0 aromatic heterocycles. The Morgan fingerprint density at radius 3 is 2.55 bits per heavy atom. The maximum atomic E-state index is 11.8. The zero-order chi connectivity index (χ0) is 15.4. The largest absolute Gasteiger partial charge is 0.368 e. The minimum absolute atomic E-state index is 0.139. The first-order valence-electron chi connectivity index (χ1n) is 7.09. The Morgan fingerprint density at radius 2 is 2.00 bits per heavy atom. The highest BCUT2D eigenvalue weighted by molar-refractivity contribution is 5.86. The molecule has 0 aromatic carbocycles. The number of amides is 2. The molecule has 5 N–H and O–H groups in total. The average Bonchev–Trinajstić information content (AvgIpc) is 2.41. The van der Waals surface area contributed by atoms with Gasteiger partial charge in [0.2, 0.25) is 11.8 Å². The molecule has 2 amide bonds. The van der Waals surface area contributed by atoms with Crippen molar-refractivity contribution in [1.29, 1.82) is 0 Å². The fourth-order valence-corrected chi connectivity index (χ4v) is 1.77. The molecule has 0 saturated heterocycles. The summed E-state index contributed by atoms with van der Waals surface area (Å²) in [5, 5.41) is 2.69. The summed E-state index contributed by atoms with van der Waals surface area (Å²) in [5.74, 6) is -0.335. The van der Waals surface area contributed by atoms with E-state index in [0.717, 1.165) is 19.3 Å². The molecule has 5 nitrogen and oxygen atoms in total. The van der Waals surface area contributed by atoms with Gasteiger partial charge in [-0.05, 0) is 38.1 Å². The fraction of sp³-hybridized carbons (Fsp3) is 0.600. The normalized spacial score (nSPS) is 13.9. The standard InChI is InChI=1S/C15H27N3O2/c1-3-4-7-12(2)9-10-14(19)18-13(15(17)20)8-5-6-11-16/h3-4,7,12-13H,1,5-6,8-11,16H2,2H3,(H2,17,20)(H,18,19)/b7-4-/t12?,13-/m0/s1. The van der Waals surface area contributed by atoms with Crippen LogP contribution in [-0.4, -0.2) is 24.4 Å². The highest BCUT2D eigenvalue weighted by Gasteiger charge is 2.17. The number of carbonyl (C=O) groups is 2. The first kappa shape index (κ1) is 18.4. The van der Waals surface area contributed by atoms with Crippen LogP contribution in [0, 0.1) is 5.92 Å². The van der Waals surface area contributed by atoms with Crippen molar-refractivity contribution in [3.05, 3.63) is 24.8 Å². The van der Waals surface area contributed by atoms with Gasteiger partial charge in [-0.1, -0.05) is 31.7 Å². The van der Waals surface area contributed by atoms with Gasteiger partial charge in [-0.3, -0.25) is 9.59 Å². The van der Waals surface area contributed by atoms with Crippen LogP contribution >= 0.6 is 0 Å². The van der Waals surface area contributed by atoms with Crippen LogP contribution in [0.15, 0.2) is 24.8 Å². The Labute approximate surface area is 121 Å². The summed E-state index contributed by atoms with van der Waals surface area (Å²) in [4.78, 5) is 23.0. The van der Waals surface area contributed by atoms with Crippen LogP contribution in [0.25, 0.3) is 0 Å². The summed E-state index contributed by atoms with van der Waals surface area (Å²) in [6, 6.07) is -0.590. The van der Waals surface area contributed by atoms with Gasteiger partial charge >= 0.3 is 0 Å². The van der Waals surface area contributed by atoms with Crippen LogP contribution in [0.2, 0.25) is 0 Å². The van der Waals surface area contributed by atoms with E-state index in [-0.39, 0.29) is 5.91 Å². The molecule has 0 saturated carbocycles. The molecule has 20 heavy (non-hydrogen) atoms. The van der Waals surface area contributed by atoms with Crippen LogP contribution in [-0.2, 0) is 9.59 Å². The number of hydrogen-bond acceptors (Lipinski definition) is 3. The van der Waals surface area contributed by atoms with Gasteiger partial charge in [0.15, 0.2) is 0 Å². The number of carbonyl (C=O) groups excluding carboxylic acids is 2. The van der Waals surface area contributed by atoms with Crippen molar-refractivity contribution in [3.8, 4) is 0 Å². The molecule has 0 spiro atoms. The number of allylic oxidation sites excluding steroid dienone is 3. The molecule has 0 aliphatic carbocycles. The summed E-state index contributed by atoms with van der Waals surface area (Å²) in [6.07, 6.45) is 8.82. The van der Waals surface area contributed by atoms with Crippen LogP contribution in [0.5, 0.6) is 0 Å². The van der Waals surface area contributed by atoms with Crippen LogP contribution in [0.4, 0.5) is 0 Å². The number of primary amides is 1. The van der Waals surface area contributed by atoms with E-state index in [1.165, 1.54) is 0 Å². The van der Waals surface area contributed by atoms with E-state index in [9.17, 15) is 9.59 Å². The lowest BCUT2D eigenvalue weighted by atomic mass is 10.0. The molecular formula is C15H27N3O2. The molecular weight excluding hydrogens is 254 g/mol. The number of rotatable bonds is 11. The lowest BCUT2D eigenvalue weighted by Crippen LogP contribution is -2.44.